The minimum atomic E-state index is 0.192. The third-order valence-electron chi connectivity index (χ3n) is 3.07. The Balaban J connectivity index is 2.74. The van der Waals surface area contributed by atoms with Gasteiger partial charge in [0.15, 0.2) is 11.6 Å². The molecule has 0 unspecified atom stereocenters. The predicted octanol–water partition coefficient (Wildman–Crippen LogP) is 0.932. The number of nitrogen functional groups attached to an aromatic ring is 1. The van der Waals surface area contributed by atoms with Crippen LogP contribution in [-0.2, 0) is 0 Å². The first kappa shape index (κ1) is 14.0. The normalized spacial score (nSPS) is 10.6. The smallest absolute Gasteiger partial charge is 0.228 e. The van der Waals surface area contributed by atoms with Crippen LogP contribution in [0, 0.1) is 0 Å². The largest absolute Gasteiger partial charge is 0.371 e. The summed E-state index contributed by atoms with van der Waals surface area (Å²) in [5.41, 5.74) is 6.98. The molecule has 2 aromatic heterocycles. The lowest BCUT2D eigenvalue weighted by Gasteiger charge is -2.20. The fourth-order valence-electron chi connectivity index (χ4n) is 2.02. The van der Waals surface area contributed by atoms with Crippen molar-refractivity contribution in [3.8, 4) is 0 Å². The van der Waals surface area contributed by atoms with Crippen LogP contribution in [0.25, 0.3) is 11.0 Å². The van der Waals surface area contributed by atoms with Crippen LogP contribution in [0.3, 0.4) is 0 Å². The number of hydrogen-bond acceptors (Lipinski definition) is 8. The summed E-state index contributed by atoms with van der Waals surface area (Å²) >= 11 is 0. The summed E-state index contributed by atoms with van der Waals surface area (Å²) in [6.07, 6.45) is 0. The zero-order valence-electron chi connectivity index (χ0n) is 12.2. The molecule has 20 heavy (non-hydrogen) atoms. The van der Waals surface area contributed by atoms with E-state index in [1.165, 1.54) is 0 Å². The summed E-state index contributed by atoms with van der Waals surface area (Å²) in [7, 11) is 3.57. The number of nitrogens with zero attached hydrogens (tertiary/aromatic N) is 5. The highest BCUT2D eigenvalue weighted by atomic mass is 15.3. The second kappa shape index (κ2) is 5.72. The number of rotatable bonds is 5. The van der Waals surface area contributed by atoms with Crippen molar-refractivity contribution in [2.45, 2.75) is 13.8 Å². The summed E-state index contributed by atoms with van der Waals surface area (Å²) in [5, 5.41) is 6.04. The van der Waals surface area contributed by atoms with E-state index in [0.29, 0.717) is 28.6 Å². The molecule has 0 saturated carbocycles. The van der Waals surface area contributed by atoms with Gasteiger partial charge >= 0.3 is 0 Å². The molecule has 0 fully saturated rings. The summed E-state index contributed by atoms with van der Waals surface area (Å²) < 4.78 is 0. The second-order valence-corrected chi connectivity index (χ2v) is 4.17. The van der Waals surface area contributed by atoms with Crippen molar-refractivity contribution in [1.29, 1.82) is 0 Å². The lowest BCUT2D eigenvalue weighted by molar-refractivity contribution is 0.826. The molecular formula is C12H20N8. The van der Waals surface area contributed by atoms with Gasteiger partial charge in [0.1, 0.15) is 11.0 Å². The molecule has 8 nitrogen and oxygen atoms in total. The van der Waals surface area contributed by atoms with Gasteiger partial charge in [-0.3, -0.25) is 0 Å². The fraction of sp³-hybridized carbons (Fsp3) is 0.500. The van der Waals surface area contributed by atoms with Gasteiger partial charge in [-0.05, 0) is 13.8 Å². The van der Waals surface area contributed by atoms with E-state index < -0.39 is 0 Å². The topological polar surface area (TPSA) is 105 Å². The molecule has 0 spiro atoms. The quantitative estimate of drug-likeness (QED) is 0.740. The number of aromatic nitrogens is 4. The monoisotopic (exact) mass is 276 g/mol. The molecule has 2 rings (SSSR count). The maximum Gasteiger partial charge on any atom is 0.228 e. The second-order valence-electron chi connectivity index (χ2n) is 4.17. The Hall–Kier alpha value is -2.38. The van der Waals surface area contributed by atoms with Gasteiger partial charge in [-0.25, -0.2) is 9.97 Å². The molecule has 2 heterocycles. The van der Waals surface area contributed by atoms with Crippen LogP contribution in [0.5, 0.6) is 0 Å². The Labute approximate surface area is 117 Å². The number of hydrogen-bond donors (Lipinski definition) is 3. The Morgan fingerprint density at radius 3 is 2.00 bits per heavy atom. The highest BCUT2D eigenvalue weighted by Gasteiger charge is 2.16. The Bertz CT molecular complexity index is 608. The molecule has 4 N–H and O–H groups in total. The minimum Gasteiger partial charge on any atom is -0.371 e. The van der Waals surface area contributed by atoms with Crippen molar-refractivity contribution in [2.24, 2.45) is 0 Å². The third-order valence-corrected chi connectivity index (χ3v) is 3.07. The van der Waals surface area contributed by atoms with E-state index in [2.05, 4.69) is 49.3 Å². The maximum atomic E-state index is 5.72. The van der Waals surface area contributed by atoms with E-state index in [0.717, 1.165) is 13.1 Å². The zero-order chi connectivity index (χ0) is 14.7. The molecular weight excluding hydrogens is 256 g/mol. The molecule has 108 valence electrons. The van der Waals surface area contributed by atoms with E-state index in [1.54, 1.807) is 14.1 Å². The first-order valence-corrected chi connectivity index (χ1v) is 6.60. The van der Waals surface area contributed by atoms with Gasteiger partial charge in [0.25, 0.3) is 0 Å². The molecule has 8 heteroatoms. The van der Waals surface area contributed by atoms with E-state index >= 15 is 0 Å². The van der Waals surface area contributed by atoms with Crippen molar-refractivity contribution < 1.29 is 0 Å². The van der Waals surface area contributed by atoms with E-state index in [9.17, 15) is 0 Å². The van der Waals surface area contributed by atoms with Crippen molar-refractivity contribution in [2.75, 3.05) is 48.5 Å². The van der Waals surface area contributed by atoms with Gasteiger partial charge < -0.3 is 21.3 Å². The van der Waals surface area contributed by atoms with Gasteiger partial charge in [0.05, 0.1) is 0 Å². The van der Waals surface area contributed by atoms with E-state index in [-0.39, 0.29) is 5.95 Å². The lowest BCUT2D eigenvalue weighted by atomic mass is 10.3. The van der Waals surface area contributed by atoms with E-state index in [4.69, 9.17) is 5.73 Å². The molecule has 0 aliphatic heterocycles. The Morgan fingerprint density at radius 1 is 0.900 bits per heavy atom. The van der Waals surface area contributed by atoms with Crippen LogP contribution in [-0.4, -0.2) is 47.1 Å². The van der Waals surface area contributed by atoms with Crippen LogP contribution in [0.4, 0.5) is 23.5 Å². The van der Waals surface area contributed by atoms with Gasteiger partial charge in [-0.15, -0.1) is 0 Å². The van der Waals surface area contributed by atoms with Crippen molar-refractivity contribution >= 4 is 34.6 Å². The number of fused-ring (bicyclic) bond motifs is 1. The average Bonchev–Trinajstić information content (AvgIpc) is 2.47. The molecule has 0 aromatic carbocycles. The lowest BCUT2D eigenvalue weighted by Crippen LogP contribution is -2.24. The summed E-state index contributed by atoms with van der Waals surface area (Å²) in [5.74, 6) is 2.08. The Morgan fingerprint density at radius 2 is 1.45 bits per heavy atom. The van der Waals surface area contributed by atoms with Crippen LogP contribution in [0.1, 0.15) is 13.8 Å². The molecule has 0 atom stereocenters. The molecule has 2 aromatic rings. The molecule has 0 bridgehead atoms. The zero-order valence-corrected chi connectivity index (χ0v) is 12.2. The predicted molar refractivity (Wildman–Crippen MR) is 82.2 cm³/mol. The van der Waals surface area contributed by atoms with Crippen LogP contribution < -0.4 is 21.3 Å². The first-order chi connectivity index (χ1) is 9.64. The summed E-state index contributed by atoms with van der Waals surface area (Å²) in [6.45, 7) is 5.79. The molecule has 0 saturated heterocycles. The Kier molecular flexibility index (Phi) is 4.02. The van der Waals surface area contributed by atoms with Crippen LogP contribution in [0.2, 0.25) is 0 Å². The molecule has 0 amide bonds. The number of nitrogens with two attached hydrogens (primary N) is 1. The van der Waals surface area contributed by atoms with E-state index in [1.807, 2.05) is 0 Å². The number of anilines is 4. The van der Waals surface area contributed by atoms with Gasteiger partial charge in [0.2, 0.25) is 11.9 Å². The SMILES string of the molecule is CCN(CC)c1nc(NC)c2nc(N)nc(NC)c2n1. The fourth-order valence-corrected chi connectivity index (χ4v) is 2.02. The van der Waals surface area contributed by atoms with Crippen molar-refractivity contribution in [3.63, 3.8) is 0 Å². The highest BCUT2D eigenvalue weighted by molar-refractivity contribution is 5.94. The molecule has 0 aliphatic carbocycles. The van der Waals surface area contributed by atoms with Crippen molar-refractivity contribution in [3.05, 3.63) is 0 Å². The number of nitrogens with one attached hydrogen (secondary N) is 2. The van der Waals surface area contributed by atoms with Crippen LogP contribution in [0.15, 0.2) is 0 Å². The van der Waals surface area contributed by atoms with Crippen LogP contribution >= 0.6 is 0 Å². The summed E-state index contributed by atoms with van der Waals surface area (Å²) in [4.78, 5) is 19.5. The average molecular weight is 276 g/mol. The molecule has 0 aliphatic rings. The third kappa shape index (κ3) is 2.36. The summed E-state index contributed by atoms with van der Waals surface area (Å²) in [6, 6.07) is 0. The standard InChI is InChI=1S/C12H20N8/c1-5-20(6-2)12-17-8-7(10(15-4)19-12)16-11(13)18-9(8)14-3/h5-6H2,1-4H3,(H,15,17,19)(H3,13,14,16,18). The van der Waals surface area contributed by atoms with Crippen molar-refractivity contribution in [1.82, 2.24) is 19.9 Å². The maximum absolute atomic E-state index is 5.72. The minimum absolute atomic E-state index is 0.192. The van der Waals surface area contributed by atoms with Gasteiger partial charge in [-0.2, -0.15) is 9.97 Å². The highest BCUT2D eigenvalue weighted by Crippen LogP contribution is 2.26. The molecule has 0 radical (unpaired) electrons. The first-order valence-electron chi connectivity index (χ1n) is 6.60. The van der Waals surface area contributed by atoms with Gasteiger partial charge in [0, 0.05) is 27.2 Å². The van der Waals surface area contributed by atoms with Gasteiger partial charge in [-0.1, -0.05) is 0 Å².